The zero-order valence-electron chi connectivity index (χ0n) is 9.27. The topological polar surface area (TPSA) is 93.3 Å². The molecule has 1 aliphatic rings. The molecule has 0 saturated carbocycles. The lowest BCUT2D eigenvalue weighted by molar-refractivity contribution is -0.0432. The summed E-state index contributed by atoms with van der Waals surface area (Å²) < 4.78 is 7.77. The summed E-state index contributed by atoms with van der Waals surface area (Å²) in [5.74, 6) is 0. The minimum atomic E-state index is -0.678. The minimum absolute atomic E-state index is 0.205. The second-order valence-electron chi connectivity index (χ2n) is 4.11. The lowest BCUT2D eigenvalue weighted by Gasteiger charge is -2.13. The van der Waals surface area contributed by atoms with Crippen molar-refractivity contribution in [1.82, 2.24) is 19.5 Å². The van der Waals surface area contributed by atoms with Gasteiger partial charge in [0.1, 0.15) is 17.8 Å². The number of ether oxygens (including phenoxy) is 1. The number of imidazole rings is 1. The second kappa shape index (κ2) is 4.54. The molecule has 0 bridgehead atoms. The highest BCUT2D eigenvalue weighted by Crippen LogP contribution is 2.30. The summed E-state index contributed by atoms with van der Waals surface area (Å²) in [5.41, 5.74) is 1.29. The Hall–Kier alpha value is -1.09. The van der Waals surface area contributed by atoms with Crippen molar-refractivity contribution < 1.29 is 14.9 Å². The highest BCUT2D eigenvalue weighted by molar-refractivity contribution is 9.10. The van der Waals surface area contributed by atoms with E-state index in [-0.39, 0.29) is 12.8 Å². The molecular formula is C10H11BrN4O3. The van der Waals surface area contributed by atoms with Crippen LogP contribution in [0.1, 0.15) is 12.6 Å². The zero-order chi connectivity index (χ0) is 12.7. The van der Waals surface area contributed by atoms with E-state index in [0.717, 1.165) is 0 Å². The first-order chi connectivity index (χ1) is 8.69. The van der Waals surface area contributed by atoms with Crippen molar-refractivity contribution in [2.24, 2.45) is 0 Å². The molecule has 1 saturated heterocycles. The number of aromatic nitrogens is 4. The molecule has 2 aromatic rings. The Balaban J connectivity index is 1.98. The molecule has 3 rings (SSSR count). The van der Waals surface area contributed by atoms with Crippen molar-refractivity contribution in [2.45, 2.75) is 24.9 Å². The van der Waals surface area contributed by atoms with Gasteiger partial charge in [-0.25, -0.2) is 15.0 Å². The van der Waals surface area contributed by atoms with Gasteiger partial charge in [-0.05, 0) is 15.9 Å². The van der Waals surface area contributed by atoms with Crippen LogP contribution >= 0.6 is 15.9 Å². The van der Waals surface area contributed by atoms with Crippen LogP contribution in [0.5, 0.6) is 0 Å². The third kappa shape index (κ3) is 1.91. The van der Waals surface area contributed by atoms with Crippen LogP contribution in [0.15, 0.2) is 17.3 Å². The van der Waals surface area contributed by atoms with Crippen LogP contribution in [-0.2, 0) is 4.74 Å². The van der Waals surface area contributed by atoms with E-state index in [2.05, 4.69) is 30.9 Å². The average molecular weight is 315 g/mol. The Morgan fingerprint density at radius 3 is 3.06 bits per heavy atom. The molecule has 0 spiro atoms. The fourth-order valence-electron chi connectivity index (χ4n) is 2.07. The van der Waals surface area contributed by atoms with Gasteiger partial charge in [0.15, 0.2) is 10.4 Å². The van der Waals surface area contributed by atoms with Gasteiger partial charge in [-0.2, -0.15) is 0 Å². The first-order valence-corrected chi connectivity index (χ1v) is 6.28. The summed E-state index contributed by atoms with van der Waals surface area (Å²) in [5, 5.41) is 18.8. The number of hydrogen-bond donors (Lipinski definition) is 2. The second-order valence-corrected chi connectivity index (χ2v) is 4.82. The largest absolute Gasteiger partial charge is 0.394 e. The van der Waals surface area contributed by atoms with Gasteiger partial charge in [0.2, 0.25) is 0 Å². The van der Waals surface area contributed by atoms with Crippen LogP contribution in [-0.4, -0.2) is 48.5 Å². The van der Waals surface area contributed by atoms with Crippen molar-refractivity contribution in [1.29, 1.82) is 0 Å². The molecule has 8 heteroatoms. The lowest BCUT2D eigenvalue weighted by Crippen LogP contribution is -2.24. The van der Waals surface area contributed by atoms with Crippen LogP contribution in [0.25, 0.3) is 11.2 Å². The quantitative estimate of drug-likeness (QED) is 0.771. The molecule has 0 aromatic carbocycles. The molecule has 18 heavy (non-hydrogen) atoms. The molecule has 3 heterocycles. The smallest absolute Gasteiger partial charge is 0.198 e. The highest BCUT2D eigenvalue weighted by atomic mass is 79.9. The van der Waals surface area contributed by atoms with Crippen molar-refractivity contribution in [2.75, 3.05) is 6.61 Å². The number of nitrogens with zero attached hydrogens (tertiary/aromatic N) is 4. The first kappa shape index (κ1) is 12.0. The molecule has 0 amide bonds. The fourth-order valence-corrected chi connectivity index (χ4v) is 2.34. The van der Waals surface area contributed by atoms with Gasteiger partial charge in [0, 0.05) is 6.42 Å². The number of aliphatic hydroxyl groups is 2. The van der Waals surface area contributed by atoms with Crippen molar-refractivity contribution in [3.05, 3.63) is 17.3 Å². The van der Waals surface area contributed by atoms with Gasteiger partial charge < -0.3 is 14.9 Å². The molecule has 7 nitrogen and oxygen atoms in total. The number of hydrogen-bond acceptors (Lipinski definition) is 6. The first-order valence-electron chi connectivity index (χ1n) is 5.48. The normalized spacial score (nSPS) is 28.1. The van der Waals surface area contributed by atoms with Crippen molar-refractivity contribution >= 4 is 27.1 Å². The molecule has 1 fully saturated rings. The predicted molar refractivity (Wildman–Crippen MR) is 64.6 cm³/mol. The van der Waals surface area contributed by atoms with Gasteiger partial charge in [-0.3, -0.25) is 4.57 Å². The van der Waals surface area contributed by atoms with Crippen LogP contribution in [0, 0.1) is 0 Å². The molecule has 96 valence electrons. The predicted octanol–water partition coefficient (Wildman–Crippen LogP) is 0.229. The summed E-state index contributed by atoms with van der Waals surface area (Å²) >= 11 is 3.20. The third-order valence-electron chi connectivity index (χ3n) is 2.98. The molecular weight excluding hydrogens is 304 g/mol. The van der Waals surface area contributed by atoms with Crippen LogP contribution in [0.3, 0.4) is 0 Å². The third-order valence-corrected chi connectivity index (χ3v) is 3.36. The molecule has 2 N–H and O–H groups in total. The fraction of sp³-hybridized carbons (Fsp3) is 0.500. The summed E-state index contributed by atoms with van der Waals surface area (Å²) in [4.78, 5) is 12.4. The molecule has 2 aromatic heterocycles. The van der Waals surface area contributed by atoms with Crippen molar-refractivity contribution in [3.63, 3.8) is 0 Å². The van der Waals surface area contributed by atoms with E-state index in [0.29, 0.717) is 22.3 Å². The van der Waals surface area contributed by atoms with Crippen molar-refractivity contribution in [3.8, 4) is 0 Å². The summed E-state index contributed by atoms with van der Waals surface area (Å²) in [7, 11) is 0. The maximum absolute atomic E-state index is 9.72. The van der Waals surface area contributed by atoms with Gasteiger partial charge in [0.25, 0.3) is 0 Å². The van der Waals surface area contributed by atoms with E-state index in [1.54, 1.807) is 17.1 Å². The molecule has 0 radical (unpaired) electrons. The molecule has 3 atom stereocenters. The van der Waals surface area contributed by atoms with E-state index in [9.17, 15) is 5.11 Å². The van der Waals surface area contributed by atoms with Gasteiger partial charge >= 0.3 is 0 Å². The van der Waals surface area contributed by atoms with Gasteiger partial charge in [-0.15, -0.1) is 0 Å². The molecule has 0 unspecified atom stereocenters. The maximum atomic E-state index is 9.72. The maximum Gasteiger partial charge on any atom is 0.198 e. The van der Waals surface area contributed by atoms with E-state index in [4.69, 9.17) is 9.84 Å². The standard InChI is InChI=1S/C10H11BrN4O3/c11-10-12-2-5-9(14-10)15(4-13-5)8-1-6(17)7(3-16)18-8/h2,4,6-8,16-17H,1,3H2/t6-,7+,8+/m1/s1. The Bertz CT molecular complexity index is 575. The number of rotatable bonds is 2. The van der Waals surface area contributed by atoms with Gasteiger partial charge in [0.05, 0.1) is 25.2 Å². The summed E-state index contributed by atoms with van der Waals surface area (Å²) in [6, 6.07) is 0. The molecule has 1 aliphatic heterocycles. The minimum Gasteiger partial charge on any atom is -0.394 e. The number of fused-ring (bicyclic) bond motifs is 1. The Kier molecular flexibility index (Phi) is 3.02. The zero-order valence-corrected chi connectivity index (χ0v) is 10.9. The summed E-state index contributed by atoms with van der Waals surface area (Å²) in [6.07, 6.45) is 2.00. The van der Waals surface area contributed by atoms with Gasteiger partial charge in [-0.1, -0.05) is 0 Å². The lowest BCUT2D eigenvalue weighted by atomic mass is 10.2. The Morgan fingerprint density at radius 1 is 1.50 bits per heavy atom. The van der Waals surface area contributed by atoms with Crippen LogP contribution in [0.4, 0.5) is 0 Å². The Labute approximate surface area is 111 Å². The Morgan fingerprint density at radius 2 is 2.33 bits per heavy atom. The van der Waals surface area contributed by atoms with Crippen LogP contribution in [0.2, 0.25) is 0 Å². The van der Waals surface area contributed by atoms with E-state index in [1.807, 2.05) is 0 Å². The summed E-state index contributed by atoms with van der Waals surface area (Å²) in [6.45, 7) is -0.205. The highest BCUT2D eigenvalue weighted by Gasteiger charge is 2.35. The van der Waals surface area contributed by atoms with E-state index < -0.39 is 12.2 Å². The van der Waals surface area contributed by atoms with E-state index in [1.165, 1.54) is 0 Å². The number of halogens is 1. The monoisotopic (exact) mass is 314 g/mol. The van der Waals surface area contributed by atoms with Crippen LogP contribution < -0.4 is 0 Å². The molecule has 0 aliphatic carbocycles. The number of aliphatic hydroxyl groups excluding tert-OH is 2. The van der Waals surface area contributed by atoms with E-state index >= 15 is 0 Å². The average Bonchev–Trinajstić information content (AvgIpc) is 2.91. The SMILES string of the molecule is OC[C@@H]1O[C@H](n2cnc3cnc(Br)nc32)C[C@H]1O.